The molecule has 0 N–H and O–H groups in total. The lowest BCUT2D eigenvalue weighted by atomic mass is 9.91. The first-order chi connectivity index (χ1) is 11.4. The van der Waals surface area contributed by atoms with Gasteiger partial charge in [-0.2, -0.15) is 13.2 Å². The van der Waals surface area contributed by atoms with Crippen LogP contribution in [0.2, 0.25) is 0 Å². The minimum absolute atomic E-state index is 0.135. The fourth-order valence-electron chi connectivity index (χ4n) is 2.71. The maximum atomic E-state index is 13.5. The molecule has 0 amide bonds. The van der Waals surface area contributed by atoms with Crippen LogP contribution in [0, 0.1) is 0 Å². The average Bonchev–Trinajstić information content (AvgIpc) is 3.02. The van der Waals surface area contributed by atoms with E-state index in [-0.39, 0.29) is 16.0 Å². The lowest BCUT2D eigenvalue weighted by molar-refractivity contribution is -0.138. The van der Waals surface area contributed by atoms with Gasteiger partial charge < -0.3 is 4.52 Å². The third-order valence-corrected chi connectivity index (χ3v) is 5.55. The molecular weight excluding hydrogens is 359 g/mol. The molecule has 0 aliphatic heterocycles. The largest absolute Gasteiger partial charge is 0.417 e. The predicted molar refractivity (Wildman–Crippen MR) is 81.1 cm³/mol. The zero-order chi connectivity index (χ0) is 18.6. The molecule has 9 heteroatoms. The maximum absolute atomic E-state index is 13.5. The summed E-state index contributed by atoms with van der Waals surface area (Å²) in [5.74, 6) is -0.917. The lowest BCUT2D eigenvalue weighted by Gasteiger charge is -2.20. The average molecular weight is 373 g/mol. The highest BCUT2D eigenvalue weighted by atomic mass is 32.2. The summed E-state index contributed by atoms with van der Waals surface area (Å²) >= 11 is 0. The van der Waals surface area contributed by atoms with Gasteiger partial charge in [0.05, 0.1) is 22.2 Å². The number of sulfone groups is 1. The van der Waals surface area contributed by atoms with Crippen molar-refractivity contribution < 1.29 is 30.9 Å². The van der Waals surface area contributed by atoms with Crippen LogP contribution in [0.1, 0.15) is 46.8 Å². The van der Waals surface area contributed by atoms with E-state index < -0.39 is 38.3 Å². The Labute approximate surface area is 141 Å². The molecule has 0 atom stereocenters. The molecule has 1 aromatic carbocycles. The molecule has 0 unspecified atom stereocenters. The van der Waals surface area contributed by atoms with E-state index in [1.54, 1.807) is 6.92 Å². The predicted octanol–water partition coefficient (Wildman–Crippen LogP) is 3.38. The minimum Gasteiger partial charge on any atom is -0.364 e. The Morgan fingerprint density at radius 1 is 1.28 bits per heavy atom. The molecule has 1 fully saturated rings. The van der Waals surface area contributed by atoms with Crippen LogP contribution in [0.15, 0.2) is 34.0 Å². The summed E-state index contributed by atoms with van der Waals surface area (Å²) in [5, 5.41) is 3.33. The highest BCUT2D eigenvalue weighted by Gasteiger charge is 2.45. The molecule has 3 rings (SSSR count). The number of hydrogen-bond donors (Lipinski definition) is 0. The van der Waals surface area contributed by atoms with Gasteiger partial charge in [-0.3, -0.25) is 4.79 Å². The highest BCUT2D eigenvalue weighted by molar-refractivity contribution is 7.90. The quantitative estimate of drug-likeness (QED) is 0.768. The Kier molecular flexibility index (Phi) is 3.83. The van der Waals surface area contributed by atoms with Crippen LogP contribution in [0.4, 0.5) is 13.2 Å². The van der Waals surface area contributed by atoms with Crippen molar-refractivity contribution in [1.29, 1.82) is 0 Å². The monoisotopic (exact) mass is 373 g/mol. The van der Waals surface area contributed by atoms with Crippen molar-refractivity contribution in [2.24, 2.45) is 0 Å². The SMILES string of the molecule is CC1(c2cc(C(=O)c3cnoc3)c(C(F)(F)F)cc2S(C)(=O)=O)CC1. The Morgan fingerprint density at radius 3 is 2.36 bits per heavy atom. The number of alkyl halides is 3. The van der Waals surface area contributed by atoms with Gasteiger partial charge in [0.2, 0.25) is 0 Å². The van der Waals surface area contributed by atoms with Gasteiger partial charge in [-0.05, 0) is 36.0 Å². The van der Waals surface area contributed by atoms with Gasteiger partial charge in [-0.25, -0.2) is 8.42 Å². The number of carbonyl (C=O) groups excluding carboxylic acids is 1. The van der Waals surface area contributed by atoms with Gasteiger partial charge in [0.1, 0.15) is 6.26 Å². The van der Waals surface area contributed by atoms with E-state index in [2.05, 4.69) is 9.68 Å². The molecule has 0 saturated heterocycles. The van der Waals surface area contributed by atoms with Crippen LogP contribution in [-0.2, 0) is 21.4 Å². The van der Waals surface area contributed by atoms with Crippen molar-refractivity contribution in [3.63, 3.8) is 0 Å². The second-order valence-electron chi connectivity index (χ2n) is 6.47. The first kappa shape index (κ1) is 17.7. The number of hydrogen-bond acceptors (Lipinski definition) is 5. The Balaban J connectivity index is 2.32. The van der Waals surface area contributed by atoms with Gasteiger partial charge in [0.15, 0.2) is 15.6 Å². The summed E-state index contributed by atoms with van der Waals surface area (Å²) in [6.07, 6.45) is -0.773. The fraction of sp³-hybridized carbons (Fsp3) is 0.375. The van der Waals surface area contributed by atoms with E-state index in [0.717, 1.165) is 24.8 Å². The highest BCUT2D eigenvalue weighted by Crippen LogP contribution is 2.51. The van der Waals surface area contributed by atoms with Crippen LogP contribution in [-0.4, -0.2) is 25.6 Å². The van der Waals surface area contributed by atoms with Gasteiger partial charge in [0.25, 0.3) is 0 Å². The third-order valence-electron chi connectivity index (χ3n) is 4.41. The van der Waals surface area contributed by atoms with E-state index in [9.17, 15) is 26.4 Å². The minimum atomic E-state index is -4.88. The Bertz CT molecular complexity index is 942. The first-order valence-corrected chi connectivity index (χ1v) is 9.22. The number of aromatic nitrogens is 1. The van der Waals surface area contributed by atoms with Crippen LogP contribution in [0.25, 0.3) is 0 Å². The van der Waals surface area contributed by atoms with Gasteiger partial charge >= 0.3 is 6.18 Å². The van der Waals surface area contributed by atoms with Crippen molar-refractivity contribution >= 4 is 15.6 Å². The molecule has 1 aliphatic carbocycles. The topological polar surface area (TPSA) is 77.2 Å². The summed E-state index contributed by atoms with van der Waals surface area (Å²) in [7, 11) is -3.90. The normalized spacial score (nSPS) is 16.7. The van der Waals surface area contributed by atoms with Crippen LogP contribution in [0.3, 0.4) is 0 Å². The fourth-order valence-corrected chi connectivity index (χ4v) is 3.75. The number of nitrogens with zero attached hydrogens (tertiary/aromatic N) is 1. The molecule has 2 aromatic rings. The molecule has 1 aliphatic rings. The molecule has 1 saturated carbocycles. The number of carbonyl (C=O) groups is 1. The lowest BCUT2D eigenvalue weighted by Crippen LogP contribution is -2.19. The van der Waals surface area contributed by atoms with Crippen molar-refractivity contribution in [2.45, 2.75) is 36.3 Å². The van der Waals surface area contributed by atoms with Crippen LogP contribution in [0.5, 0.6) is 0 Å². The second-order valence-corrected chi connectivity index (χ2v) is 8.45. The zero-order valence-electron chi connectivity index (χ0n) is 13.3. The number of rotatable bonds is 4. The van der Waals surface area contributed by atoms with Crippen molar-refractivity contribution in [3.8, 4) is 0 Å². The Hall–Kier alpha value is -2.16. The van der Waals surface area contributed by atoms with E-state index in [1.165, 1.54) is 0 Å². The zero-order valence-corrected chi connectivity index (χ0v) is 14.2. The van der Waals surface area contributed by atoms with Crippen LogP contribution >= 0.6 is 0 Å². The number of benzene rings is 1. The molecule has 0 radical (unpaired) electrons. The molecule has 0 bridgehead atoms. The first-order valence-electron chi connectivity index (χ1n) is 7.33. The van der Waals surface area contributed by atoms with Crippen LogP contribution < -0.4 is 0 Å². The summed E-state index contributed by atoms with van der Waals surface area (Å²) in [5.41, 5.74) is -2.34. The van der Waals surface area contributed by atoms with Gasteiger partial charge in [-0.1, -0.05) is 12.1 Å². The molecule has 134 valence electrons. The van der Waals surface area contributed by atoms with Crippen molar-refractivity contribution in [1.82, 2.24) is 5.16 Å². The molecular formula is C16H14F3NO4S. The maximum Gasteiger partial charge on any atom is 0.417 e. The summed E-state index contributed by atoms with van der Waals surface area (Å²) in [6, 6.07) is 1.62. The molecule has 25 heavy (non-hydrogen) atoms. The molecule has 0 spiro atoms. The smallest absolute Gasteiger partial charge is 0.364 e. The molecule has 5 nitrogen and oxygen atoms in total. The van der Waals surface area contributed by atoms with Crippen molar-refractivity contribution in [3.05, 3.63) is 46.8 Å². The molecule has 1 heterocycles. The summed E-state index contributed by atoms with van der Waals surface area (Å²) in [6.45, 7) is 1.76. The summed E-state index contributed by atoms with van der Waals surface area (Å²) < 4.78 is 69.0. The van der Waals surface area contributed by atoms with E-state index in [0.29, 0.717) is 18.9 Å². The Morgan fingerprint density at radius 2 is 1.92 bits per heavy atom. The second kappa shape index (κ2) is 5.42. The van der Waals surface area contributed by atoms with E-state index >= 15 is 0 Å². The van der Waals surface area contributed by atoms with Gasteiger partial charge in [-0.15, -0.1) is 0 Å². The third kappa shape index (κ3) is 3.20. The standard InChI is InChI=1S/C16H14F3NO4S/c1-15(3-4-15)12-5-10(14(21)9-7-20-24-8-9)11(16(17,18)19)6-13(12)25(2,22)23/h5-8H,3-4H2,1-2H3. The number of halogens is 3. The van der Waals surface area contributed by atoms with E-state index in [1.807, 2.05) is 0 Å². The van der Waals surface area contributed by atoms with Gasteiger partial charge in [0, 0.05) is 11.8 Å². The number of ketones is 1. The molecule has 1 aromatic heterocycles. The van der Waals surface area contributed by atoms with Crippen molar-refractivity contribution in [2.75, 3.05) is 6.26 Å². The summed E-state index contributed by atoms with van der Waals surface area (Å²) in [4.78, 5) is 12.1. The van der Waals surface area contributed by atoms with E-state index in [4.69, 9.17) is 0 Å².